The van der Waals surface area contributed by atoms with Crippen molar-refractivity contribution in [3.05, 3.63) is 53.1 Å². The van der Waals surface area contributed by atoms with Crippen LogP contribution in [-0.4, -0.2) is 36.2 Å². The van der Waals surface area contributed by atoms with Crippen molar-refractivity contribution in [3.63, 3.8) is 0 Å². The van der Waals surface area contributed by atoms with Gasteiger partial charge in [-0.25, -0.2) is 12.7 Å². The second-order valence-corrected chi connectivity index (χ2v) is 7.29. The van der Waals surface area contributed by atoms with Crippen LogP contribution in [0.4, 0.5) is 5.69 Å². The number of nitrogens with zero attached hydrogens (tertiary/aromatic N) is 1. The van der Waals surface area contributed by atoms with Crippen LogP contribution in [0.15, 0.2) is 47.4 Å². The van der Waals surface area contributed by atoms with Crippen LogP contribution in [-0.2, 0) is 14.8 Å². The van der Waals surface area contributed by atoms with Gasteiger partial charge in [-0.2, -0.15) is 0 Å². The summed E-state index contributed by atoms with van der Waals surface area (Å²) in [4.78, 5) is 24.2. The molecule has 1 aliphatic heterocycles. The number of anilines is 1. The topological polar surface area (TPSA) is 104 Å². The lowest BCUT2D eigenvalue weighted by Crippen LogP contribution is -2.37. The molecule has 24 heavy (non-hydrogen) atoms. The molecule has 2 aromatic carbocycles. The first-order valence-electron chi connectivity index (χ1n) is 6.75. The van der Waals surface area contributed by atoms with Gasteiger partial charge < -0.3 is 10.4 Å². The minimum Gasteiger partial charge on any atom is -0.506 e. The lowest BCUT2D eigenvalue weighted by atomic mass is 10.2. The molecule has 3 rings (SSSR count). The van der Waals surface area contributed by atoms with Crippen LogP contribution in [0.3, 0.4) is 0 Å². The first-order chi connectivity index (χ1) is 11.3. The van der Waals surface area contributed by atoms with Gasteiger partial charge in [0.1, 0.15) is 17.2 Å². The minimum atomic E-state index is -4.07. The molecule has 0 fully saturated rings. The highest BCUT2D eigenvalue weighted by Crippen LogP contribution is 2.30. The Labute approximate surface area is 142 Å². The van der Waals surface area contributed by atoms with Crippen LogP contribution in [0.2, 0.25) is 5.02 Å². The van der Waals surface area contributed by atoms with Crippen molar-refractivity contribution >= 4 is 39.1 Å². The second-order valence-electron chi connectivity index (χ2n) is 5.02. The highest BCUT2D eigenvalue weighted by molar-refractivity contribution is 7.90. The molecule has 1 aliphatic rings. The number of phenolic OH excluding ortho intramolecular Hbond substituents is 1. The van der Waals surface area contributed by atoms with E-state index in [-0.39, 0.29) is 26.9 Å². The number of amides is 2. The second kappa shape index (κ2) is 5.81. The zero-order chi connectivity index (χ0) is 17.5. The fourth-order valence-corrected chi connectivity index (χ4v) is 4.01. The number of phenols is 1. The van der Waals surface area contributed by atoms with Crippen LogP contribution in [0, 0.1) is 0 Å². The van der Waals surface area contributed by atoms with Crippen molar-refractivity contribution in [3.8, 4) is 5.75 Å². The summed E-state index contributed by atoms with van der Waals surface area (Å²) in [5, 5.41) is 12.3. The molecule has 0 atom stereocenters. The molecule has 0 spiro atoms. The third-order valence-electron chi connectivity index (χ3n) is 3.43. The normalized spacial score (nSPS) is 15.2. The monoisotopic (exact) mass is 366 g/mol. The van der Waals surface area contributed by atoms with Gasteiger partial charge in [0.2, 0.25) is 5.91 Å². The molecular weight excluding hydrogens is 356 g/mol. The van der Waals surface area contributed by atoms with E-state index in [1.165, 1.54) is 36.4 Å². The fraction of sp³-hybridized carbons (Fsp3) is 0.0667. The first-order valence-corrected chi connectivity index (χ1v) is 8.57. The van der Waals surface area contributed by atoms with E-state index in [9.17, 15) is 23.1 Å². The summed E-state index contributed by atoms with van der Waals surface area (Å²) in [6.45, 7) is -0.707. The Balaban J connectivity index is 1.83. The number of carbonyl (C=O) groups excluding carboxylic acids is 2. The molecular formula is C15H11ClN2O5S. The molecule has 0 saturated carbocycles. The van der Waals surface area contributed by atoms with Crippen molar-refractivity contribution in [1.82, 2.24) is 4.31 Å². The predicted octanol–water partition coefficient (Wildman–Crippen LogP) is 1.83. The molecule has 0 saturated heterocycles. The number of hydrogen-bond acceptors (Lipinski definition) is 5. The Hall–Kier alpha value is -2.58. The molecule has 2 N–H and O–H groups in total. The summed E-state index contributed by atoms with van der Waals surface area (Å²) in [5.41, 5.74) is 0.0463. The molecule has 1 heterocycles. The molecule has 0 bridgehead atoms. The zero-order valence-electron chi connectivity index (χ0n) is 12.1. The summed E-state index contributed by atoms with van der Waals surface area (Å²) in [6, 6.07) is 9.75. The maximum absolute atomic E-state index is 12.4. The lowest BCUT2D eigenvalue weighted by Gasteiger charge is -2.15. The Morgan fingerprint density at radius 1 is 1.21 bits per heavy atom. The van der Waals surface area contributed by atoms with Gasteiger partial charge in [0.05, 0.1) is 11.3 Å². The molecule has 124 valence electrons. The summed E-state index contributed by atoms with van der Waals surface area (Å²) in [7, 11) is -4.07. The average Bonchev–Trinajstić information content (AvgIpc) is 2.72. The third-order valence-corrected chi connectivity index (χ3v) is 5.45. The number of rotatable bonds is 3. The van der Waals surface area contributed by atoms with Crippen LogP contribution < -0.4 is 5.32 Å². The summed E-state index contributed by atoms with van der Waals surface area (Å²) in [6.07, 6.45) is 0. The van der Waals surface area contributed by atoms with E-state index < -0.39 is 28.4 Å². The Kier molecular flexibility index (Phi) is 3.94. The van der Waals surface area contributed by atoms with Crippen molar-refractivity contribution < 1.29 is 23.1 Å². The first kappa shape index (κ1) is 16.3. The van der Waals surface area contributed by atoms with E-state index in [1.807, 2.05) is 0 Å². The largest absolute Gasteiger partial charge is 0.506 e. The molecule has 0 unspecified atom stereocenters. The van der Waals surface area contributed by atoms with E-state index in [4.69, 9.17) is 11.6 Å². The van der Waals surface area contributed by atoms with Crippen LogP contribution >= 0.6 is 11.6 Å². The number of nitrogens with one attached hydrogen (secondary N) is 1. The number of aromatic hydroxyl groups is 1. The smallest absolute Gasteiger partial charge is 0.269 e. The number of sulfonamides is 1. The van der Waals surface area contributed by atoms with Crippen molar-refractivity contribution in [2.24, 2.45) is 0 Å². The summed E-state index contributed by atoms with van der Waals surface area (Å²) >= 11 is 5.78. The highest BCUT2D eigenvalue weighted by atomic mass is 35.5. The van der Waals surface area contributed by atoms with Gasteiger partial charge in [-0.05, 0) is 30.3 Å². The molecule has 2 amide bonds. The number of halogens is 1. The predicted molar refractivity (Wildman–Crippen MR) is 86.4 cm³/mol. The summed E-state index contributed by atoms with van der Waals surface area (Å²) in [5.74, 6) is -1.78. The van der Waals surface area contributed by atoms with E-state index >= 15 is 0 Å². The molecule has 9 heteroatoms. The van der Waals surface area contributed by atoms with Crippen molar-refractivity contribution in [2.75, 3.05) is 11.9 Å². The molecule has 0 radical (unpaired) electrons. The quantitative estimate of drug-likeness (QED) is 0.806. The Bertz CT molecular complexity index is 958. The van der Waals surface area contributed by atoms with Gasteiger partial charge in [-0.15, -0.1) is 0 Å². The van der Waals surface area contributed by atoms with E-state index in [0.29, 0.717) is 4.31 Å². The molecule has 2 aromatic rings. The Morgan fingerprint density at radius 3 is 2.62 bits per heavy atom. The lowest BCUT2D eigenvalue weighted by molar-refractivity contribution is -0.116. The van der Waals surface area contributed by atoms with Crippen LogP contribution in [0.1, 0.15) is 10.4 Å². The van der Waals surface area contributed by atoms with E-state index in [1.54, 1.807) is 6.07 Å². The van der Waals surface area contributed by atoms with E-state index in [2.05, 4.69) is 5.32 Å². The number of carbonyl (C=O) groups is 2. The molecule has 7 nitrogen and oxygen atoms in total. The number of fused-ring (bicyclic) bond motifs is 1. The minimum absolute atomic E-state index is 0.0223. The van der Waals surface area contributed by atoms with Crippen LogP contribution in [0.25, 0.3) is 0 Å². The van der Waals surface area contributed by atoms with Crippen molar-refractivity contribution in [2.45, 2.75) is 4.90 Å². The van der Waals surface area contributed by atoms with E-state index in [0.717, 1.165) is 0 Å². The standard InChI is InChI=1S/C15H11ClN2O5S/c16-9-5-6-12(19)11(7-9)17-14(20)8-18-15(21)10-3-1-2-4-13(10)24(18,22)23/h1-7,19H,8H2,(H,17,20). The third kappa shape index (κ3) is 2.70. The fourth-order valence-electron chi connectivity index (χ4n) is 2.32. The van der Waals surface area contributed by atoms with Crippen molar-refractivity contribution in [1.29, 1.82) is 0 Å². The van der Waals surface area contributed by atoms with Gasteiger partial charge in [0.25, 0.3) is 15.9 Å². The maximum atomic E-state index is 12.4. The molecule has 0 aromatic heterocycles. The van der Waals surface area contributed by atoms with Gasteiger partial charge in [0, 0.05) is 5.02 Å². The van der Waals surface area contributed by atoms with Gasteiger partial charge in [0.15, 0.2) is 0 Å². The maximum Gasteiger partial charge on any atom is 0.269 e. The van der Waals surface area contributed by atoms with Gasteiger partial charge >= 0.3 is 0 Å². The number of benzene rings is 2. The summed E-state index contributed by atoms with van der Waals surface area (Å²) < 4.78 is 25.2. The van der Waals surface area contributed by atoms with Crippen LogP contribution in [0.5, 0.6) is 5.75 Å². The number of hydrogen-bond donors (Lipinski definition) is 2. The van der Waals surface area contributed by atoms with Gasteiger partial charge in [-0.1, -0.05) is 23.7 Å². The average molecular weight is 367 g/mol. The Morgan fingerprint density at radius 2 is 1.92 bits per heavy atom. The highest BCUT2D eigenvalue weighted by Gasteiger charge is 2.41. The zero-order valence-corrected chi connectivity index (χ0v) is 13.6. The van der Waals surface area contributed by atoms with Gasteiger partial charge in [-0.3, -0.25) is 9.59 Å². The molecule has 0 aliphatic carbocycles. The SMILES string of the molecule is O=C(CN1C(=O)c2ccccc2S1(=O)=O)Nc1cc(Cl)ccc1O.